The van der Waals surface area contributed by atoms with Crippen molar-refractivity contribution in [1.29, 1.82) is 0 Å². The Morgan fingerprint density at radius 3 is 2.21 bits per heavy atom. The van der Waals surface area contributed by atoms with Gasteiger partial charge in [-0.2, -0.15) is 0 Å². The van der Waals surface area contributed by atoms with Crippen LogP contribution in [0.5, 0.6) is 0 Å². The Morgan fingerprint density at radius 2 is 1.46 bits per heavy atom. The lowest BCUT2D eigenvalue weighted by molar-refractivity contribution is 1.18. The summed E-state index contributed by atoms with van der Waals surface area (Å²) in [6, 6.07) is 29.8. The Balaban J connectivity index is 1.61. The summed E-state index contributed by atoms with van der Waals surface area (Å²) < 4.78 is 3.44. The van der Waals surface area contributed by atoms with Gasteiger partial charge in [-0.05, 0) is 36.4 Å². The molecule has 4 heteroatoms. The zero-order valence-corrected chi connectivity index (χ0v) is 15.7. The van der Waals surface area contributed by atoms with Gasteiger partial charge in [-0.25, -0.2) is 9.97 Å². The number of fused-ring (bicyclic) bond motifs is 4. The van der Waals surface area contributed by atoms with Crippen LogP contribution in [0.1, 0.15) is 0 Å². The quantitative estimate of drug-likeness (QED) is 0.347. The highest BCUT2D eigenvalue weighted by Crippen LogP contribution is 2.34. The van der Waals surface area contributed by atoms with E-state index in [1.54, 1.807) is 17.5 Å². The summed E-state index contributed by atoms with van der Waals surface area (Å²) in [6.07, 6.45) is 1.79. The maximum Gasteiger partial charge on any atom is 0.170 e. The molecule has 3 aromatic heterocycles. The minimum atomic E-state index is 0.810. The fourth-order valence-corrected chi connectivity index (χ4v) is 4.79. The highest BCUT2D eigenvalue weighted by atomic mass is 32.1. The second-order valence-electron chi connectivity index (χ2n) is 6.76. The standard InChI is InChI=1S/C24H15N3S/c1-3-11-20-18(9-1)19-10-2-4-12-21(19)27(20)17-8-5-7-16(15-17)24-26-23-22(28-24)13-6-14-25-23/h1-15H. The van der Waals surface area contributed by atoms with E-state index >= 15 is 0 Å². The van der Waals surface area contributed by atoms with Gasteiger partial charge in [-0.15, -0.1) is 11.3 Å². The number of rotatable bonds is 2. The largest absolute Gasteiger partial charge is 0.309 e. The Morgan fingerprint density at radius 1 is 0.714 bits per heavy atom. The molecule has 0 saturated carbocycles. The lowest BCUT2D eigenvalue weighted by atomic mass is 10.2. The molecule has 132 valence electrons. The van der Waals surface area contributed by atoms with Crippen molar-refractivity contribution in [2.75, 3.05) is 0 Å². The molecule has 3 heterocycles. The Kier molecular flexibility index (Phi) is 3.34. The third-order valence-electron chi connectivity index (χ3n) is 5.10. The van der Waals surface area contributed by atoms with Crippen molar-refractivity contribution >= 4 is 43.5 Å². The molecule has 6 rings (SSSR count). The first-order valence-corrected chi connectivity index (χ1v) is 10.0. The molecule has 0 fully saturated rings. The van der Waals surface area contributed by atoms with Crippen molar-refractivity contribution in [1.82, 2.24) is 14.5 Å². The third kappa shape index (κ3) is 2.28. The van der Waals surface area contributed by atoms with Gasteiger partial charge < -0.3 is 4.57 Å². The first-order valence-electron chi connectivity index (χ1n) is 9.19. The number of aromatic nitrogens is 3. The van der Waals surface area contributed by atoms with Crippen LogP contribution in [0.2, 0.25) is 0 Å². The SMILES string of the molecule is c1cc(-c2nc3ncccc3s2)cc(-n2c3ccccc3c3ccccc32)c1. The van der Waals surface area contributed by atoms with Crippen LogP contribution in [0.15, 0.2) is 91.1 Å². The van der Waals surface area contributed by atoms with Gasteiger partial charge in [0.1, 0.15) is 5.01 Å². The maximum absolute atomic E-state index is 4.73. The fourth-order valence-electron chi connectivity index (χ4n) is 3.87. The molecule has 0 aliphatic carbocycles. The molecule has 0 saturated heterocycles. The molecule has 0 aliphatic rings. The molecule has 28 heavy (non-hydrogen) atoms. The average molecular weight is 377 g/mol. The number of benzene rings is 3. The first-order chi connectivity index (χ1) is 13.9. The van der Waals surface area contributed by atoms with E-state index in [0.717, 1.165) is 26.6 Å². The van der Waals surface area contributed by atoms with Gasteiger partial charge in [-0.3, -0.25) is 0 Å². The molecule has 0 N–H and O–H groups in total. The Labute approximate surface area is 165 Å². The molecule has 0 unspecified atom stereocenters. The van der Waals surface area contributed by atoms with E-state index in [2.05, 4.69) is 88.4 Å². The van der Waals surface area contributed by atoms with E-state index in [9.17, 15) is 0 Å². The monoisotopic (exact) mass is 377 g/mol. The van der Waals surface area contributed by atoms with Crippen LogP contribution in [0.25, 0.3) is 48.4 Å². The van der Waals surface area contributed by atoms with Crippen LogP contribution in [-0.4, -0.2) is 14.5 Å². The molecular formula is C24H15N3S. The number of para-hydroxylation sites is 2. The lowest BCUT2D eigenvalue weighted by Crippen LogP contribution is -1.94. The highest BCUT2D eigenvalue weighted by molar-refractivity contribution is 7.21. The van der Waals surface area contributed by atoms with E-state index in [-0.39, 0.29) is 0 Å². The van der Waals surface area contributed by atoms with Crippen LogP contribution < -0.4 is 0 Å². The molecule has 0 radical (unpaired) electrons. The minimum Gasteiger partial charge on any atom is -0.309 e. The predicted molar refractivity (Wildman–Crippen MR) is 117 cm³/mol. The van der Waals surface area contributed by atoms with Crippen molar-refractivity contribution in [3.8, 4) is 16.3 Å². The Bertz CT molecular complexity index is 1390. The van der Waals surface area contributed by atoms with Gasteiger partial charge in [0.05, 0.1) is 15.7 Å². The van der Waals surface area contributed by atoms with Gasteiger partial charge in [0.15, 0.2) is 5.65 Å². The van der Waals surface area contributed by atoms with E-state index in [1.807, 2.05) is 6.07 Å². The van der Waals surface area contributed by atoms with Crippen molar-refractivity contribution < 1.29 is 0 Å². The third-order valence-corrected chi connectivity index (χ3v) is 6.16. The van der Waals surface area contributed by atoms with E-state index in [1.165, 1.54) is 21.8 Å². The van der Waals surface area contributed by atoms with E-state index in [4.69, 9.17) is 4.98 Å². The van der Waals surface area contributed by atoms with Crippen molar-refractivity contribution in [2.45, 2.75) is 0 Å². The second kappa shape index (κ2) is 6.01. The van der Waals surface area contributed by atoms with Gasteiger partial charge >= 0.3 is 0 Å². The van der Waals surface area contributed by atoms with Crippen LogP contribution in [-0.2, 0) is 0 Å². The van der Waals surface area contributed by atoms with Gasteiger partial charge in [0.2, 0.25) is 0 Å². The molecule has 0 amide bonds. The summed E-state index contributed by atoms with van der Waals surface area (Å²) in [6.45, 7) is 0. The van der Waals surface area contributed by atoms with Crippen LogP contribution in [0, 0.1) is 0 Å². The Hall–Kier alpha value is -3.50. The number of hydrogen-bond acceptors (Lipinski definition) is 3. The number of pyridine rings is 1. The van der Waals surface area contributed by atoms with Crippen molar-refractivity contribution in [3.63, 3.8) is 0 Å². The predicted octanol–water partition coefficient (Wildman–Crippen LogP) is 6.46. The van der Waals surface area contributed by atoms with Gasteiger partial charge in [0.25, 0.3) is 0 Å². The molecule has 3 aromatic carbocycles. The van der Waals surface area contributed by atoms with Crippen molar-refractivity contribution in [3.05, 3.63) is 91.1 Å². The zero-order valence-electron chi connectivity index (χ0n) is 14.9. The fraction of sp³-hybridized carbons (Fsp3) is 0. The summed E-state index contributed by atoms with van der Waals surface area (Å²) in [4.78, 5) is 9.10. The van der Waals surface area contributed by atoms with Gasteiger partial charge in [0, 0.05) is 28.2 Å². The van der Waals surface area contributed by atoms with Crippen molar-refractivity contribution in [2.24, 2.45) is 0 Å². The molecule has 0 aliphatic heterocycles. The smallest absolute Gasteiger partial charge is 0.170 e. The zero-order chi connectivity index (χ0) is 18.5. The van der Waals surface area contributed by atoms with Crippen LogP contribution >= 0.6 is 11.3 Å². The lowest BCUT2D eigenvalue weighted by Gasteiger charge is -2.09. The second-order valence-corrected chi connectivity index (χ2v) is 7.79. The van der Waals surface area contributed by atoms with Gasteiger partial charge in [-0.1, -0.05) is 48.5 Å². The molecule has 0 bridgehead atoms. The first kappa shape index (κ1) is 15.5. The molecule has 0 atom stereocenters. The number of hydrogen-bond donors (Lipinski definition) is 0. The maximum atomic E-state index is 4.73. The molecular weight excluding hydrogens is 362 g/mol. The minimum absolute atomic E-state index is 0.810. The summed E-state index contributed by atoms with van der Waals surface area (Å²) in [5.41, 5.74) is 5.49. The summed E-state index contributed by atoms with van der Waals surface area (Å²) in [7, 11) is 0. The molecule has 3 nitrogen and oxygen atoms in total. The van der Waals surface area contributed by atoms with Crippen LogP contribution in [0.4, 0.5) is 0 Å². The number of thiazole rings is 1. The summed E-state index contributed by atoms with van der Waals surface area (Å²) >= 11 is 1.68. The highest BCUT2D eigenvalue weighted by Gasteiger charge is 2.13. The normalized spacial score (nSPS) is 11.6. The van der Waals surface area contributed by atoms with Crippen LogP contribution in [0.3, 0.4) is 0 Å². The van der Waals surface area contributed by atoms with E-state index in [0.29, 0.717) is 0 Å². The average Bonchev–Trinajstić information content (AvgIpc) is 3.33. The summed E-state index contributed by atoms with van der Waals surface area (Å²) in [5, 5.41) is 3.54. The number of nitrogens with zero attached hydrogens (tertiary/aromatic N) is 3. The summed E-state index contributed by atoms with van der Waals surface area (Å²) in [5.74, 6) is 0. The van der Waals surface area contributed by atoms with E-state index < -0.39 is 0 Å². The molecule has 0 spiro atoms. The topological polar surface area (TPSA) is 30.7 Å². The molecule has 6 aromatic rings.